The summed E-state index contributed by atoms with van der Waals surface area (Å²) in [4.78, 5) is 32.2. The molecule has 32 heavy (non-hydrogen) atoms. The van der Waals surface area contributed by atoms with Crippen LogP contribution in [0.5, 0.6) is 0 Å². The fourth-order valence-electron chi connectivity index (χ4n) is 3.74. The molecule has 5 rings (SSSR count). The van der Waals surface area contributed by atoms with Crippen molar-refractivity contribution in [3.8, 4) is 5.69 Å². The number of carbonyl (C=O) groups excluding carboxylic acids is 2. The molecule has 3 N–H and O–H groups in total. The normalized spacial score (nSPS) is 11.0. The van der Waals surface area contributed by atoms with Crippen LogP contribution in [0.1, 0.15) is 16.8 Å². The second kappa shape index (κ2) is 8.39. The summed E-state index contributed by atoms with van der Waals surface area (Å²) in [5, 5.41) is 6.54. The Labute approximate surface area is 184 Å². The molecule has 0 fully saturated rings. The van der Waals surface area contributed by atoms with Gasteiger partial charge in [0.15, 0.2) is 0 Å². The lowest BCUT2D eigenvalue weighted by atomic mass is 10.1. The predicted molar refractivity (Wildman–Crippen MR) is 125 cm³/mol. The monoisotopic (exact) mass is 423 g/mol. The summed E-state index contributed by atoms with van der Waals surface area (Å²) in [6.45, 7) is 0.253. The van der Waals surface area contributed by atoms with Crippen LogP contribution in [0.15, 0.2) is 85.3 Å². The smallest absolute Gasteiger partial charge is 0.253 e. The lowest BCUT2D eigenvalue weighted by Gasteiger charge is -2.09. The van der Waals surface area contributed by atoms with E-state index in [2.05, 4.69) is 20.6 Å². The van der Waals surface area contributed by atoms with E-state index >= 15 is 0 Å². The van der Waals surface area contributed by atoms with Crippen LogP contribution in [0.2, 0.25) is 0 Å². The number of hydrogen-bond donors (Lipinski definition) is 3. The minimum atomic E-state index is -0.202. The zero-order chi connectivity index (χ0) is 21.9. The van der Waals surface area contributed by atoms with Crippen molar-refractivity contribution in [2.24, 2.45) is 0 Å². The van der Waals surface area contributed by atoms with E-state index < -0.39 is 0 Å². The molecule has 0 unspecified atom stereocenters. The van der Waals surface area contributed by atoms with Gasteiger partial charge in [-0.1, -0.05) is 30.3 Å². The van der Waals surface area contributed by atoms with Gasteiger partial charge >= 0.3 is 0 Å². The number of fused-ring (bicyclic) bond motifs is 2. The maximum atomic E-state index is 12.4. The summed E-state index contributed by atoms with van der Waals surface area (Å²) in [6.07, 6.45) is 3.65. The average Bonchev–Trinajstić information content (AvgIpc) is 3.44. The van der Waals surface area contributed by atoms with Gasteiger partial charge in [-0.25, -0.2) is 4.98 Å². The highest BCUT2D eigenvalue weighted by Crippen LogP contribution is 2.20. The molecular formula is C25H21N5O2. The number of hydrogen-bond acceptors (Lipinski definition) is 3. The number of carbonyl (C=O) groups is 2. The van der Waals surface area contributed by atoms with Gasteiger partial charge in [0.25, 0.3) is 5.91 Å². The van der Waals surface area contributed by atoms with E-state index in [1.54, 1.807) is 12.5 Å². The SMILES string of the molecule is O=C(CCNC(=O)c1c[nH]c2ccccc12)Nc1ccc(-n2cnc3ccccc32)cc1. The van der Waals surface area contributed by atoms with Gasteiger partial charge in [0.1, 0.15) is 6.33 Å². The van der Waals surface area contributed by atoms with Crippen LogP contribution in [0.4, 0.5) is 5.69 Å². The topological polar surface area (TPSA) is 91.8 Å². The van der Waals surface area contributed by atoms with Gasteiger partial charge in [0, 0.05) is 41.4 Å². The minimum absolute atomic E-state index is 0.162. The number of aromatic nitrogens is 3. The van der Waals surface area contributed by atoms with Crippen LogP contribution in [-0.4, -0.2) is 32.9 Å². The van der Waals surface area contributed by atoms with Crippen molar-refractivity contribution in [2.75, 3.05) is 11.9 Å². The van der Waals surface area contributed by atoms with E-state index in [1.165, 1.54) is 0 Å². The second-order valence-corrected chi connectivity index (χ2v) is 7.45. The number of nitrogens with zero attached hydrogens (tertiary/aromatic N) is 2. The summed E-state index contributed by atoms with van der Waals surface area (Å²) in [5.74, 6) is -0.364. The van der Waals surface area contributed by atoms with E-state index in [-0.39, 0.29) is 24.8 Å². The molecule has 0 bridgehead atoms. The van der Waals surface area contributed by atoms with E-state index in [0.717, 1.165) is 27.6 Å². The summed E-state index contributed by atoms with van der Waals surface area (Å²) in [5.41, 5.74) is 5.09. The first-order valence-electron chi connectivity index (χ1n) is 10.4. The van der Waals surface area contributed by atoms with Crippen molar-refractivity contribution < 1.29 is 9.59 Å². The first kappa shape index (κ1) is 19.6. The van der Waals surface area contributed by atoms with Gasteiger partial charge in [-0.05, 0) is 42.5 Å². The third-order valence-electron chi connectivity index (χ3n) is 5.35. The second-order valence-electron chi connectivity index (χ2n) is 7.45. The Hall–Kier alpha value is -4.39. The van der Waals surface area contributed by atoms with E-state index in [9.17, 15) is 9.59 Å². The number of nitrogens with one attached hydrogen (secondary N) is 3. The first-order chi connectivity index (χ1) is 15.7. The Balaban J connectivity index is 1.16. The van der Waals surface area contributed by atoms with Crippen molar-refractivity contribution in [2.45, 2.75) is 6.42 Å². The fourth-order valence-corrected chi connectivity index (χ4v) is 3.74. The molecule has 0 atom stereocenters. The molecule has 158 valence electrons. The zero-order valence-electron chi connectivity index (χ0n) is 17.2. The highest BCUT2D eigenvalue weighted by Gasteiger charge is 2.12. The van der Waals surface area contributed by atoms with Crippen LogP contribution in [0.3, 0.4) is 0 Å². The van der Waals surface area contributed by atoms with Crippen molar-refractivity contribution >= 4 is 39.4 Å². The Kier molecular flexibility index (Phi) is 5.13. The molecule has 0 aliphatic heterocycles. The van der Waals surface area contributed by atoms with Crippen molar-refractivity contribution in [1.29, 1.82) is 0 Å². The van der Waals surface area contributed by atoms with Crippen molar-refractivity contribution in [3.63, 3.8) is 0 Å². The fraction of sp³-hybridized carbons (Fsp3) is 0.0800. The molecule has 0 saturated heterocycles. The zero-order valence-corrected chi connectivity index (χ0v) is 17.2. The maximum Gasteiger partial charge on any atom is 0.253 e. The van der Waals surface area contributed by atoms with Gasteiger partial charge in [-0.15, -0.1) is 0 Å². The van der Waals surface area contributed by atoms with E-state index in [0.29, 0.717) is 11.3 Å². The van der Waals surface area contributed by atoms with Gasteiger partial charge in [-0.3, -0.25) is 14.2 Å². The van der Waals surface area contributed by atoms with Gasteiger partial charge in [-0.2, -0.15) is 0 Å². The molecule has 2 amide bonds. The standard InChI is InChI=1S/C25H21N5O2/c31-24(13-14-26-25(32)20-15-27-21-6-2-1-5-19(20)21)29-17-9-11-18(12-10-17)30-16-28-22-7-3-4-8-23(22)30/h1-12,15-16,27H,13-14H2,(H,26,32)(H,29,31). The summed E-state index contributed by atoms with van der Waals surface area (Å²) >= 11 is 0. The minimum Gasteiger partial charge on any atom is -0.360 e. The molecule has 5 aromatic rings. The molecule has 0 radical (unpaired) electrons. The summed E-state index contributed by atoms with van der Waals surface area (Å²) in [6, 6.07) is 23.1. The van der Waals surface area contributed by atoms with Crippen LogP contribution < -0.4 is 10.6 Å². The Morgan fingerprint density at radius 1 is 0.938 bits per heavy atom. The molecule has 2 heterocycles. The molecule has 0 aliphatic rings. The van der Waals surface area contributed by atoms with Gasteiger partial charge in [0.2, 0.25) is 5.91 Å². The van der Waals surface area contributed by atoms with Gasteiger partial charge < -0.3 is 15.6 Å². The number of benzene rings is 3. The summed E-state index contributed by atoms with van der Waals surface area (Å²) < 4.78 is 2.00. The molecule has 7 heteroatoms. The largest absolute Gasteiger partial charge is 0.360 e. The Morgan fingerprint density at radius 2 is 1.72 bits per heavy atom. The molecule has 7 nitrogen and oxygen atoms in total. The number of aromatic amines is 1. The molecule has 3 aromatic carbocycles. The molecule has 2 aromatic heterocycles. The highest BCUT2D eigenvalue weighted by atomic mass is 16.2. The third-order valence-corrected chi connectivity index (χ3v) is 5.35. The number of rotatable bonds is 6. The number of amides is 2. The van der Waals surface area contributed by atoms with Crippen LogP contribution in [0, 0.1) is 0 Å². The van der Waals surface area contributed by atoms with E-state index in [1.807, 2.05) is 77.4 Å². The van der Waals surface area contributed by atoms with Crippen LogP contribution in [0.25, 0.3) is 27.6 Å². The van der Waals surface area contributed by atoms with Crippen molar-refractivity contribution in [3.05, 3.63) is 90.9 Å². The quantitative estimate of drug-likeness (QED) is 0.381. The van der Waals surface area contributed by atoms with Crippen LogP contribution >= 0.6 is 0 Å². The Morgan fingerprint density at radius 3 is 2.59 bits per heavy atom. The number of H-pyrrole nitrogens is 1. The maximum absolute atomic E-state index is 12.4. The van der Waals surface area contributed by atoms with Crippen molar-refractivity contribution in [1.82, 2.24) is 19.9 Å². The molecule has 0 saturated carbocycles. The van der Waals surface area contributed by atoms with Gasteiger partial charge in [0.05, 0.1) is 16.6 Å². The average molecular weight is 423 g/mol. The Bertz CT molecular complexity index is 1420. The summed E-state index contributed by atoms with van der Waals surface area (Å²) in [7, 11) is 0. The lowest BCUT2D eigenvalue weighted by molar-refractivity contribution is -0.116. The predicted octanol–water partition coefficient (Wildman–Crippen LogP) is 4.27. The number of para-hydroxylation sites is 3. The third kappa shape index (κ3) is 3.83. The first-order valence-corrected chi connectivity index (χ1v) is 10.4. The molecular weight excluding hydrogens is 402 g/mol. The lowest BCUT2D eigenvalue weighted by Crippen LogP contribution is -2.27. The van der Waals surface area contributed by atoms with E-state index in [4.69, 9.17) is 0 Å². The number of imidazole rings is 1. The van der Waals surface area contributed by atoms with Crippen LogP contribution in [-0.2, 0) is 4.79 Å². The molecule has 0 aliphatic carbocycles. The highest BCUT2D eigenvalue weighted by molar-refractivity contribution is 6.06. The number of anilines is 1. The molecule has 0 spiro atoms.